The highest BCUT2D eigenvalue weighted by molar-refractivity contribution is 5.98. The first-order valence-electron chi connectivity index (χ1n) is 9.58. The average Bonchev–Trinajstić information content (AvgIpc) is 3.15. The van der Waals surface area contributed by atoms with Gasteiger partial charge in [-0.2, -0.15) is 0 Å². The van der Waals surface area contributed by atoms with Gasteiger partial charge in [0, 0.05) is 17.7 Å². The lowest BCUT2D eigenvalue weighted by atomic mass is 10.1. The quantitative estimate of drug-likeness (QED) is 0.387. The second kappa shape index (κ2) is 8.74. The number of carbonyl (C=O) groups excluding carboxylic acids is 3. The Bertz CT molecular complexity index is 1210. The van der Waals surface area contributed by atoms with Gasteiger partial charge in [0.2, 0.25) is 0 Å². The number of aromatic amines is 2. The summed E-state index contributed by atoms with van der Waals surface area (Å²) in [5, 5.41) is 2.57. The van der Waals surface area contributed by atoms with E-state index < -0.39 is 18.5 Å². The maximum absolute atomic E-state index is 12.3. The average molecular weight is 425 g/mol. The summed E-state index contributed by atoms with van der Waals surface area (Å²) in [5.41, 5.74) is 1.65. The number of imidazole rings is 1. The van der Waals surface area contributed by atoms with Crippen molar-refractivity contribution in [3.8, 4) is 11.5 Å². The molecule has 0 spiro atoms. The molecule has 1 aromatic heterocycles. The molecule has 0 atom stereocenters. The van der Waals surface area contributed by atoms with Gasteiger partial charge < -0.3 is 29.5 Å². The summed E-state index contributed by atoms with van der Waals surface area (Å²) in [6, 6.07) is 9.69. The van der Waals surface area contributed by atoms with Crippen LogP contribution in [0.25, 0.3) is 11.0 Å². The summed E-state index contributed by atoms with van der Waals surface area (Å²) in [7, 11) is 0. The topological polar surface area (TPSA) is 140 Å². The van der Waals surface area contributed by atoms with Crippen LogP contribution in [-0.2, 0) is 14.3 Å². The van der Waals surface area contributed by atoms with Gasteiger partial charge in [0.1, 0.15) is 13.2 Å². The standard InChI is InChI=1S/C21H19N3O7/c25-16(12-1-5-17-18(9-12)30-8-7-29-17)4-6-20(27)31-11-19(26)22-13-2-3-14-15(10-13)24-21(28)23-14/h1-3,5,9-10H,4,6-8,11H2,(H,22,26)(H2,23,24,28). The number of fused-ring (bicyclic) bond motifs is 2. The molecular formula is C21H19N3O7. The van der Waals surface area contributed by atoms with Crippen LogP contribution in [-0.4, -0.2) is 47.4 Å². The molecule has 0 saturated carbocycles. The molecule has 1 amide bonds. The van der Waals surface area contributed by atoms with Crippen molar-refractivity contribution in [1.82, 2.24) is 9.97 Å². The molecule has 3 N–H and O–H groups in total. The zero-order chi connectivity index (χ0) is 21.8. The molecule has 1 aliphatic heterocycles. The molecular weight excluding hydrogens is 406 g/mol. The SMILES string of the molecule is O=C(COC(=O)CCC(=O)c1ccc2c(c1)OCCO2)Nc1ccc2[nH]c(=O)[nH]c2c1. The number of nitrogens with one attached hydrogen (secondary N) is 3. The highest BCUT2D eigenvalue weighted by Crippen LogP contribution is 2.31. The van der Waals surface area contributed by atoms with Crippen molar-refractivity contribution in [2.24, 2.45) is 0 Å². The van der Waals surface area contributed by atoms with E-state index in [1.54, 1.807) is 36.4 Å². The number of ketones is 1. The second-order valence-corrected chi connectivity index (χ2v) is 6.83. The predicted octanol–water partition coefficient (Wildman–Crippen LogP) is 1.77. The van der Waals surface area contributed by atoms with Gasteiger partial charge in [-0.15, -0.1) is 0 Å². The van der Waals surface area contributed by atoms with Gasteiger partial charge in [-0.1, -0.05) is 0 Å². The lowest BCUT2D eigenvalue weighted by Gasteiger charge is -2.18. The molecule has 2 heterocycles. The second-order valence-electron chi connectivity index (χ2n) is 6.83. The summed E-state index contributed by atoms with van der Waals surface area (Å²) < 4.78 is 15.8. The summed E-state index contributed by atoms with van der Waals surface area (Å²) in [6.07, 6.45) is -0.214. The van der Waals surface area contributed by atoms with E-state index >= 15 is 0 Å². The third-order valence-electron chi connectivity index (χ3n) is 4.58. The minimum absolute atomic E-state index is 0.0579. The molecule has 3 aromatic rings. The Hall–Kier alpha value is -4.08. The summed E-state index contributed by atoms with van der Waals surface area (Å²) in [4.78, 5) is 52.7. The number of benzene rings is 2. The predicted molar refractivity (Wildman–Crippen MR) is 110 cm³/mol. The van der Waals surface area contributed by atoms with Gasteiger partial charge in [0.05, 0.1) is 17.5 Å². The zero-order valence-corrected chi connectivity index (χ0v) is 16.4. The number of amides is 1. The number of Topliss-reactive ketones (excluding diaryl/α,β-unsaturated/α-hetero) is 1. The maximum atomic E-state index is 12.3. The Morgan fingerprint density at radius 2 is 1.71 bits per heavy atom. The molecule has 0 saturated heterocycles. The van der Waals surface area contributed by atoms with Crippen LogP contribution in [0.15, 0.2) is 41.2 Å². The summed E-state index contributed by atoms with van der Waals surface area (Å²) in [5.74, 6) is -0.365. The molecule has 0 bridgehead atoms. The Labute approximate surface area is 175 Å². The van der Waals surface area contributed by atoms with E-state index in [4.69, 9.17) is 14.2 Å². The van der Waals surface area contributed by atoms with Crippen molar-refractivity contribution in [3.63, 3.8) is 0 Å². The van der Waals surface area contributed by atoms with Crippen LogP contribution in [0, 0.1) is 0 Å². The molecule has 31 heavy (non-hydrogen) atoms. The fraction of sp³-hybridized carbons (Fsp3) is 0.238. The molecule has 0 unspecified atom stereocenters. The van der Waals surface area contributed by atoms with Gasteiger partial charge in [0.15, 0.2) is 23.9 Å². The number of H-pyrrole nitrogens is 2. The molecule has 2 aromatic carbocycles. The minimum Gasteiger partial charge on any atom is -0.486 e. The van der Waals surface area contributed by atoms with E-state index in [0.717, 1.165) is 0 Å². The molecule has 1 aliphatic rings. The highest BCUT2D eigenvalue weighted by atomic mass is 16.6. The summed E-state index contributed by atoms with van der Waals surface area (Å²) in [6.45, 7) is 0.384. The third kappa shape index (κ3) is 4.92. The fourth-order valence-electron chi connectivity index (χ4n) is 3.10. The molecule has 160 valence electrons. The van der Waals surface area contributed by atoms with Crippen LogP contribution in [0.1, 0.15) is 23.2 Å². The van der Waals surface area contributed by atoms with Crippen molar-refractivity contribution in [2.45, 2.75) is 12.8 Å². The number of anilines is 1. The van der Waals surface area contributed by atoms with E-state index in [-0.39, 0.29) is 24.3 Å². The van der Waals surface area contributed by atoms with Crippen molar-refractivity contribution in [3.05, 3.63) is 52.4 Å². The molecule has 0 fully saturated rings. The molecule has 10 heteroatoms. The van der Waals surface area contributed by atoms with Gasteiger partial charge in [0.25, 0.3) is 5.91 Å². The smallest absolute Gasteiger partial charge is 0.323 e. The van der Waals surface area contributed by atoms with Gasteiger partial charge in [-0.05, 0) is 36.4 Å². The van der Waals surface area contributed by atoms with Crippen molar-refractivity contribution < 1.29 is 28.6 Å². The molecule has 0 radical (unpaired) electrons. The van der Waals surface area contributed by atoms with Gasteiger partial charge in [-0.3, -0.25) is 14.4 Å². The fourth-order valence-corrected chi connectivity index (χ4v) is 3.10. The first-order valence-corrected chi connectivity index (χ1v) is 9.58. The lowest BCUT2D eigenvalue weighted by molar-refractivity contribution is -0.147. The number of ether oxygens (including phenoxy) is 3. The number of carbonyl (C=O) groups is 3. The van der Waals surface area contributed by atoms with E-state index in [1.807, 2.05) is 0 Å². The Kier molecular flexibility index (Phi) is 5.69. The first-order chi connectivity index (χ1) is 15.0. The van der Waals surface area contributed by atoms with Gasteiger partial charge in [-0.25, -0.2) is 4.79 Å². The van der Waals surface area contributed by atoms with Crippen LogP contribution < -0.4 is 20.5 Å². The van der Waals surface area contributed by atoms with Crippen LogP contribution in [0.2, 0.25) is 0 Å². The monoisotopic (exact) mass is 425 g/mol. The normalized spacial score (nSPS) is 12.4. The van der Waals surface area contributed by atoms with Crippen LogP contribution in [0.3, 0.4) is 0 Å². The number of aromatic nitrogens is 2. The van der Waals surface area contributed by atoms with Crippen molar-refractivity contribution >= 4 is 34.4 Å². The largest absolute Gasteiger partial charge is 0.486 e. The lowest BCUT2D eigenvalue weighted by Crippen LogP contribution is -2.21. The molecule has 10 nitrogen and oxygen atoms in total. The maximum Gasteiger partial charge on any atom is 0.323 e. The van der Waals surface area contributed by atoms with E-state index in [0.29, 0.717) is 47.0 Å². The van der Waals surface area contributed by atoms with Gasteiger partial charge >= 0.3 is 11.7 Å². The Morgan fingerprint density at radius 3 is 2.55 bits per heavy atom. The number of rotatable bonds is 7. The van der Waals surface area contributed by atoms with Crippen molar-refractivity contribution in [1.29, 1.82) is 0 Å². The molecule has 0 aliphatic carbocycles. The molecule has 4 rings (SSSR count). The van der Waals surface area contributed by atoms with Crippen molar-refractivity contribution in [2.75, 3.05) is 25.1 Å². The van der Waals surface area contributed by atoms with Crippen LogP contribution >= 0.6 is 0 Å². The third-order valence-corrected chi connectivity index (χ3v) is 4.58. The van der Waals surface area contributed by atoms with E-state index in [9.17, 15) is 19.2 Å². The first kappa shape index (κ1) is 20.2. The minimum atomic E-state index is -0.661. The Balaban J connectivity index is 1.23. The number of esters is 1. The van der Waals surface area contributed by atoms with E-state index in [2.05, 4.69) is 15.3 Å². The van der Waals surface area contributed by atoms with Crippen LogP contribution in [0.5, 0.6) is 11.5 Å². The van der Waals surface area contributed by atoms with E-state index in [1.165, 1.54) is 0 Å². The number of hydrogen-bond acceptors (Lipinski definition) is 7. The number of hydrogen-bond donors (Lipinski definition) is 3. The highest BCUT2D eigenvalue weighted by Gasteiger charge is 2.16. The zero-order valence-electron chi connectivity index (χ0n) is 16.4. The Morgan fingerprint density at radius 1 is 0.935 bits per heavy atom. The van der Waals surface area contributed by atoms with Crippen LogP contribution in [0.4, 0.5) is 5.69 Å². The summed E-state index contributed by atoms with van der Waals surface area (Å²) >= 11 is 0.